The molecule has 0 saturated carbocycles. The second kappa shape index (κ2) is 5.36. The van der Waals surface area contributed by atoms with Crippen LogP contribution in [0.15, 0.2) is 30.6 Å². The first-order chi connectivity index (χ1) is 9.40. The molecule has 0 bridgehead atoms. The molecular weight excluding hydrogens is 273 g/mol. The van der Waals surface area contributed by atoms with Gasteiger partial charge in [0.25, 0.3) is 0 Å². The van der Waals surface area contributed by atoms with Crippen molar-refractivity contribution in [1.82, 2.24) is 9.38 Å². The highest BCUT2D eigenvalue weighted by molar-refractivity contribution is 5.87. The summed E-state index contributed by atoms with van der Waals surface area (Å²) < 4.78 is 43.5. The maximum absolute atomic E-state index is 12.5. The number of halogens is 3. The van der Waals surface area contributed by atoms with Crippen LogP contribution in [0.5, 0.6) is 0 Å². The first kappa shape index (κ1) is 14.1. The lowest BCUT2D eigenvalue weighted by Crippen LogP contribution is -2.04. The molecule has 2 rings (SSSR count). The topological polar surface area (TPSA) is 43.6 Å². The minimum absolute atomic E-state index is 0.156. The van der Waals surface area contributed by atoms with Gasteiger partial charge in [0.2, 0.25) is 0 Å². The van der Waals surface area contributed by atoms with Gasteiger partial charge in [-0.05, 0) is 30.7 Å². The van der Waals surface area contributed by atoms with Crippen LogP contribution in [0.3, 0.4) is 0 Å². The second-order valence-corrected chi connectivity index (χ2v) is 3.93. The van der Waals surface area contributed by atoms with Crippen molar-refractivity contribution in [2.75, 3.05) is 6.61 Å². The molecule has 0 spiro atoms. The third-order valence-corrected chi connectivity index (χ3v) is 2.47. The summed E-state index contributed by atoms with van der Waals surface area (Å²) in [5.74, 6) is -0.508. The van der Waals surface area contributed by atoms with Crippen LogP contribution in [0.25, 0.3) is 11.7 Å². The number of nitrogens with zero attached hydrogens (tertiary/aromatic N) is 2. The van der Waals surface area contributed by atoms with Crippen LogP contribution >= 0.6 is 0 Å². The predicted octanol–water partition coefficient (Wildman–Crippen LogP) is 2.93. The zero-order valence-corrected chi connectivity index (χ0v) is 10.5. The third kappa shape index (κ3) is 3.17. The van der Waals surface area contributed by atoms with Crippen molar-refractivity contribution in [3.05, 3.63) is 41.9 Å². The first-order valence-corrected chi connectivity index (χ1v) is 5.81. The molecular formula is C13H11F3N2O2. The summed E-state index contributed by atoms with van der Waals surface area (Å²) in [4.78, 5) is 14.6. The van der Waals surface area contributed by atoms with E-state index in [1.807, 2.05) is 0 Å². The van der Waals surface area contributed by atoms with Crippen LogP contribution in [0, 0.1) is 0 Å². The molecule has 20 heavy (non-hydrogen) atoms. The van der Waals surface area contributed by atoms with Crippen LogP contribution in [0.4, 0.5) is 13.2 Å². The maximum Gasteiger partial charge on any atom is 0.434 e. The van der Waals surface area contributed by atoms with Crippen molar-refractivity contribution in [2.45, 2.75) is 13.1 Å². The Morgan fingerprint density at radius 1 is 1.50 bits per heavy atom. The number of ether oxygens (including phenoxy) is 1. The molecule has 2 aromatic rings. The SMILES string of the molecule is CCOC(=O)/C=C/c1ccn2cc(C(F)(F)F)nc2c1. The summed E-state index contributed by atoms with van der Waals surface area (Å²) in [7, 11) is 0. The molecule has 7 heteroatoms. The molecule has 0 aliphatic carbocycles. The molecule has 0 aliphatic rings. The van der Waals surface area contributed by atoms with Crippen LogP contribution < -0.4 is 0 Å². The monoisotopic (exact) mass is 284 g/mol. The second-order valence-electron chi connectivity index (χ2n) is 3.93. The van der Waals surface area contributed by atoms with Gasteiger partial charge < -0.3 is 9.14 Å². The molecule has 2 aromatic heterocycles. The number of aromatic nitrogens is 2. The first-order valence-electron chi connectivity index (χ1n) is 5.81. The largest absolute Gasteiger partial charge is 0.463 e. The van der Waals surface area contributed by atoms with Crippen LogP contribution in [0.2, 0.25) is 0 Å². The predicted molar refractivity (Wildman–Crippen MR) is 65.9 cm³/mol. The number of hydrogen-bond donors (Lipinski definition) is 0. The van der Waals surface area contributed by atoms with E-state index in [4.69, 9.17) is 4.74 Å². The number of pyridine rings is 1. The number of imidazole rings is 1. The van der Waals surface area contributed by atoms with E-state index in [1.165, 1.54) is 28.8 Å². The van der Waals surface area contributed by atoms with E-state index >= 15 is 0 Å². The average Bonchev–Trinajstić information content (AvgIpc) is 2.79. The Morgan fingerprint density at radius 2 is 2.25 bits per heavy atom. The van der Waals surface area contributed by atoms with Crippen LogP contribution in [-0.4, -0.2) is 22.0 Å². The van der Waals surface area contributed by atoms with Gasteiger partial charge in [0, 0.05) is 18.5 Å². The van der Waals surface area contributed by atoms with Gasteiger partial charge >= 0.3 is 12.1 Å². The molecule has 4 nitrogen and oxygen atoms in total. The average molecular weight is 284 g/mol. The Kier molecular flexibility index (Phi) is 3.78. The normalized spacial score (nSPS) is 12.2. The molecule has 0 saturated heterocycles. The lowest BCUT2D eigenvalue weighted by atomic mass is 10.2. The molecule has 0 radical (unpaired) electrons. The minimum atomic E-state index is -4.48. The zero-order valence-electron chi connectivity index (χ0n) is 10.5. The Labute approximate surface area is 112 Å². The Bertz CT molecular complexity index is 659. The van der Waals surface area contributed by atoms with Gasteiger partial charge in [-0.1, -0.05) is 0 Å². The highest BCUT2D eigenvalue weighted by Crippen LogP contribution is 2.28. The smallest absolute Gasteiger partial charge is 0.434 e. The standard InChI is InChI=1S/C13H11F3N2O2/c1-2-20-12(19)4-3-9-5-6-18-8-10(13(14,15)16)17-11(18)7-9/h3-8H,2H2,1H3/b4-3+. The number of fused-ring (bicyclic) bond motifs is 1. The van der Waals surface area contributed by atoms with E-state index in [2.05, 4.69) is 4.98 Å². The Morgan fingerprint density at radius 3 is 2.90 bits per heavy atom. The van der Waals surface area contributed by atoms with E-state index in [0.717, 1.165) is 6.20 Å². The number of esters is 1. The van der Waals surface area contributed by atoms with Crippen molar-refractivity contribution in [3.8, 4) is 0 Å². The van der Waals surface area contributed by atoms with Gasteiger partial charge in [-0.3, -0.25) is 0 Å². The summed E-state index contributed by atoms with van der Waals surface area (Å²) in [5.41, 5.74) is -0.239. The van der Waals surface area contributed by atoms with E-state index in [9.17, 15) is 18.0 Å². The van der Waals surface area contributed by atoms with Crippen molar-refractivity contribution in [1.29, 1.82) is 0 Å². The fourth-order valence-electron chi connectivity index (χ4n) is 1.59. The molecule has 0 N–H and O–H groups in total. The van der Waals surface area contributed by atoms with Crippen molar-refractivity contribution >= 4 is 17.7 Å². The molecule has 106 valence electrons. The minimum Gasteiger partial charge on any atom is -0.463 e. The van der Waals surface area contributed by atoms with Crippen molar-refractivity contribution < 1.29 is 22.7 Å². The fraction of sp³-hybridized carbons (Fsp3) is 0.231. The highest BCUT2D eigenvalue weighted by Gasteiger charge is 2.33. The quantitative estimate of drug-likeness (QED) is 0.643. The van der Waals surface area contributed by atoms with E-state index in [0.29, 0.717) is 5.56 Å². The van der Waals surface area contributed by atoms with E-state index in [1.54, 1.807) is 13.0 Å². The van der Waals surface area contributed by atoms with E-state index in [-0.39, 0.29) is 12.3 Å². The van der Waals surface area contributed by atoms with Gasteiger partial charge in [0.1, 0.15) is 5.65 Å². The fourth-order valence-corrected chi connectivity index (χ4v) is 1.59. The van der Waals surface area contributed by atoms with Gasteiger partial charge in [-0.25, -0.2) is 9.78 Å². The summed E-state index contributed by atoms with van der Waals surface area (Å²) in [6.45, 7) is 1.94. The molecule has 0 aliphatic heterocycles. The van der Waals surface area contributed by atoms with E-state index < -0.39 is 17.8 Å². The number of carbonyl (C=O) groups excluding carboxylic acids is 1. The highest BCUT2D eigenvalue weighted by atomic mass is 19.4. The van der Waals surface area contributed by atoms with Gasteiger partial charge in [-0.15, -0.1) is 0 Å². The van der Waals surface area contributed by atoms with Crippen LogP contribution in [-0.2, 0) is 15.7 Å². The molecule has 0 unspecified atom stereocenters. The molecule has 2 heterocycles. The maximum atomic E-state index is 12.5. The summed E-state index contributed by atoms with van der Waals surface area (Å²) in [6, 6.07) is 3.02. The summed E-state index contributed by atoms with van der Waals surface area (Å²) in [5, 5.41) is 0. The van der Waals surface area contributed by atoms with Crippen molar-refractivity contribution in [3.63, 3.8) is 0 Å². The zero-order chi connectivity index (χ0) is 14.8. The van der Waals surface area contributed by atoms with Crippen molar-refractivity contribution in [2.24, 2.45) is 0 Å². The van der Waals surface area contributed by atoms with Gasteiger partial charge in [0.15, 0.2) is 5.69 Å². The number of hydrogen-bond acceptors (Lipinski definition) is 3. The molecule has 0 amide bonds. The lowest BCUT2D eigenvalue weighted by molar-refractivity contribution is -0.141. The number of rotatable bonds is 3. The molecule has 0 atom stereocenters. The summed E-state index contributed by atoms with van der Waals surface area (Å²) in [6.07, 6.45) is 0.548. The molecule has 0 fully saturated rings. The number of carbonyl (C=O) groups is 1. The Hall–Kier alpha value is -2.31. The summed E-state index contributed by atoms with van der Waals surface area (Å²) >= 11 is 0. The lowest BCUT2D eigenvalue weighted by Gasteiger charge is -1.98. The molecule has 0 aromatic carbocycles. The van der Waals surface area contributed by atoms with Gasteiger partial charge in [0.05, 0.1) is 6.61 Å². The Balaban J connectivity index is 2.27. The van der Waals surface area contributed by atoms with Gasteiger partial charge in [-0.2, -0.15) is 13.2 Å². The van der Waals surface area contributed by atoms with Crippen LogP contribution in [0.1, 0.15) is 18.2 Å². The number of alkyl halides is 3. The third-order valence-electron chi connectivity index (χ3n) is 2.47.